The largest absolute Gasteiger partial charge is 0.396 e. The van der Waals surface area contributed by atoms with Crippen molar-refractivity contribution in [1.29, 1.82) is 0 Å². The highest BCUT2D eigenvalue weighted by atomic mass is 19.1. The normalized spacial score (nSPS) is 10.7. The fraction of sp³-hybridized carbons (Fsp3) is 0.250. The van der Waals surface area contributed by atoms with Gasteiger partial charge in [-0.3, -0.25) is 0 Å². The average Bonchev–Trinajstić information content (AvgIpc) is 2.68. The minimum absolute atomic E-state index is 0.103. The van der Waals surface area contributed by atoms with E-state index in [-0.39, 0.29) is 30.4 Å². The first-order valence-electron chi connectivity index (χ1n) is 5.61. The number of hydrogen-bond acceptors (Lipinski definition) is 4. The minimum Gasteiger partial charge on any atom is -0.396 e. The smallest absolute Gasteiger partial charge is 0.346 e. The molecular formula is C12H12FN3O3. The number of aromatic nitrogens is 2. The van der Waals surface area contributed by atoms with Crippen LogP contribution in [0.4, 0.5) is 10.2 Å². The highest BCUT2D eigenvalue weighted by Crippen LogP contribution is 2.26. The maximum absolute atomic E-state index is 12.9. The molecular weight excluding hydrogens is 253 g/mol. The lowest BCUT2D eigenvalue weighted by Crippen LogP contribution is -2.02. The van der Waals surface area contributed by atoms with Gasteiger partial charge in [0.05, 0.1) is 7.05 Å². The Kier molecular flexibility index (Phi) is 3.57. The number of nitro groups is 1. The van der Waals surface area contributed by atoms with Crippen LogP contribution in [-0.4, -0.2) is 26.2 Å². The summed E-state index contributed by atoms with van der Waals surface area (Å²) in [6.07, 6.45) is 0.103. The molecule has 0 saturated carbocycles. The van der Waals surface area contributed by atoms with Crippen LogP contribution in [0.3, 0.4) is 0 Å². The van der Waals surface area contributed by atoms with E-state index < -0.39 is 4.92 Å². The van der Waals surface area contributed by atoms with Crippen LogP contribution in [0.1, 0.15) is 5.69 Å². The molecule has 0 aliphatic rings. The summed E-state index contributed by atoms with van der Waals surface area (Å²) in [7, 11) is 1.52. The van der Waals surface area contributed by atoms with E-state index in [1.54, 1.807) is 0 Å². The number of rotatable bonds is 4. The Morgan fingerprint density at radius 1 is 1.42 bits per heavy atom. The lowest BCUT2D eigenvalue weighted by atomic mass is 10.2. The van der Waals surface area contributed by atoms with E-state index in [1.807, 2.05) is 0 Å². The van der Waals surface area contributed by atoms with Gasteiger partial charge in [0, 0.05) is 18.6 Å². The Morgan fingerprint density at radius 3 is 2.58 bits per heavy atom. The molecule has 1 N–H and O–H groups in total. The molecule has 19 heavy (non-hydrogen) atoms. The molecule has 0 aliphatic heterocycles. The third-order valence-electron chi connectivity index (χ3n) is 2.76. The van der Waals surface area contributed by atoms with E-state index in [0.29, 0.717) is 11.4 Å². The number of aliphatic hydroxyl groups is 1. The minimum atomic E-state index is -0.537. The number of aliphatic hydroxyl groups excluding tert-OH is 1. The maximum atomic E-state index is 12.9. The molecule has 1 aromatic heterocycles. The first kappa shape index (κ1) is 13.2. The van der Waals surface area contributed by atoms with Crippen molar-refractivity contribution in [2.75, 3.05) is 6.61 Å². The summed E-state index contributed by atoms with van der Waals surface area (Å²) in [6.45, 7) is -0.222. The summed E-state index contributed by atoms with van der Waals surface area (Å²) in [5.74, 6) is -0.174. The fourth-order valence-corrected chi connectivity index (χ4v) is 1.91. The molecule has 0 saturated heterocycles. The second-order valence-electron chi connectivity index (χ2n) is 4.00. The van der Waals surface area contributed by atoms with Crippen molar-refractivity contribution in [3.8, 4) is 11.4 Å². The van der Waals surface area contributed by atoms with Crippen molar-refractivity contribution in [3.63, 3.8) is 0 Å². The molecule has 2 rings (SSSR count). The molecule has 0 spiro atoms. The van der Waals surface area contributed by atoms with Crippen LogP contribution >= 0.6 is 0 Å². The molecule has 1 aromatic carbocycles. The van der Waals surface area contributed by atoms with Crippen molar-refractivity contribution >= 4 is 5.82 Å². The average molecular weight is 265 g/mol. The highest BCUT2D eigenvalue weighted by molar-refractivity contribution is 5.59. The van der Waals surface area contributed by atoms with E-state index in [4.69, 9.17) is 5.11 Å². The van der Waals surface area contributed by atoms with Gasteiger partial charge < -0.3 is 15.2 Å². The molecule has 0 radical (unpaired) electrons. The van der Waals surface area contributed by atoms with Gasteiger partial charge in [-0.2, -0.15) is 0 Å². The highest BCUT2D eigenvalue weighted by Gasteiger charge is 2.25. The van der Waals surface area contributed by atoms with Crippen molar-refractivity contribution in [2.45, 2.75) is 6.42 Å². The standard InChI is InChI=1S/C12H12FN3O3/c1-15-11(8-2-4-9(13)5-3-8)14-10(6-7-17)12(15)16(18)19/h2-5,17H,6-7H2,1H3. The zero-order chi connectivity index (χ0) is 14.0. The molecule has 1 heterocycles. The van der Waals surface area contributed by atoms with Crippen molar-refractivity contribution in [3.05, 3.63) is 45.9 Å². The molecule has 100 valence electrons. The Bertz CT molecular complexity index is 607. The number of imidazole rings is 1. The predicted octanol–water partition coefficient (Wildman–Crippen LogP) is 1.67. The van der Waals surface area contributed by atoms with Gasteiger partial charge in [0.25, 0.3) is 0 Å². The van der Waals surface area contributed by atoms with E-state index in [9.17, 15) is 14.5 Å². The van der Waals surface area contributed by atoms with E-state index in [0.717, 1.165) is 0 Å². The van der Waals surface area contributed by atoms with Gasteiger partial charge in [-0.05, 0) is 29.2 Å². The van der Waals surface area contributed by atoms with Crippen molar-refractivity contribution < 1.29 is 14.4 Å². The fourth-order valence-electron chi connectivity index (χ4n) is 1.91. The van der Waals surface area contributed by atoms with Crippen molar-refractivity contribution in [2.24, 2.45) is 7.05 Å². The molecule has 7 heteroatoms. The van der Waals surface area contributed by atoms with Crippen LogP contribution in [0.2, 0.25) is 0 Å². The topological polar surface area (TPSA) is 81.2 Å². The molecule has 0 fully saturated rings. The molecule has 0 aliphatic carbocycles. The maximum Gasteiger partial charge on any atom is 0.346 e. The van der Waals surface area contributed by atoms with Crippen LogP contribution < -0.4 is 0 Å². The van der Waals surface area contributed by atoms with Gasteiger partial charge in [0.1, 0.15) is 11.5 Å². The van der Waals surface area contributed by atoms with Gasteiger partial charge in [-0.15, -0.1) is 0 Å². The summed E-state index contributed by atoms with van der Waals surface area (Å²) in [6, 6.07) is 5.54. The van der Waals surface area contributed by atoms with Gasteiger partial charge in [0.15, 0.2) is 0 Å². The summed E-state index contributed by atoms with van der Waals surface area (Å²) in [5.41, 5.74) is 0.797. The Balaban J connectivity index is 2.55. The summed E-state index contributed by atoms with van der Waals surface area (Å²) in [5, 5.41) is 19.9. The zero-order valence-electron chi connectivity index (χ0n) is 10.2. The van der Waals surface area contributed by atoms with E-state index >= 15 is 0 Å². The van der Waals surface area contributed by atoms with Crippen LogP contribution in [0, 0.1) is 15.9 Å². The Morgan fingerprint density at radius 2 is 2.05 bits per heavy atom. The van der Waals surface area contributed by atoms with Crippen LogP contribution in [0.15, 0.2) is 24.3 Å². The second-order valence-corrected chi connectivity index (χ2v) is 4.00. The first-order chi connectivity index (χ1) is 9.04. The van der Waals surface area contributed by atoms with Crippen molar-refractivity contribution in [1.82, 2.24) is 9.55 Å². The summed E-state index contributed by atoms with van der Waals surface area (Å²) in [4.78, 5) is 14.6. The van der Waals surface area contributed by atoms with E-state index in [2.05, 4.69) is 4.98 Å². The molecule has 0 unspecified atom stereocenters. The molecule has 6 nitrogen and oxygen atoms in total. The molecule has 0 amide bonds. The number of nitrogens with zero attached hydrogens (tertiary/aromatic N) is 3. The van der Waals surface area contributed by atoms with Crippen LogP contribution in [-0.2, 0) is 13.5 Å². The SMILES string of the molecule is Cn1c(-c2ccc(F)cc2)nc(CCO)c1[N+](=O)[O-]. The molecule has 0 atom stereocenters. The molecule has 2 aromatic rings. The van der Waals surface area contributed by atoms with Gasteiger partial charge in [-0.25, -0.2) is 13.9 Å². The zero-order valence-corrected chi connectivity index (χ0v) is 10.2. The first-order valence-corrected chi connectivity index (χ1v) is 5.61. The van der Waals surface area contributed by atoms with Gasteiger partial charge in [0.2, 0.25) is 5.82 Å². The number of hydrogen-bond donors (Lipinski definition) is 1. The second kappa shape index (κ2) is 5.15. The number of benzene rings is 1. The number of halogens is 1. The van der Waals surface area contributed by atoms with E-state index in [1.165, 1.54) is 35.9 Å². The molecule has 0 bridgehead atoms. The lowest BCUT2D eigenvalue weighted by Gasteiger charge is -1.99. The van der Waals surface area contributed by atoms with Gasteiger partial charge in [-0.1, -0.05) is 0 Å². The Labute approximate surface area is 108 Å². The quantitative estimate of drug-likeness (QED) is 0.673. The van der Waals surface area contributed by atoms with Gasteiger partial charge >= 0.3 is 5.82 Å². The van der Waals surface area contributed by atoms with Crippen LogP contribution in [0.5, 0.6) is 0 Å². The monoisotopic (exact) mass is 265 g/mol. The Hall–Kier alpha value is -2.28. The lowest BCUT2D eigenvalue weighted by molar-refractivity contribution is -0.392. The third-order valence-corrected chi connectivity index (χ3v) is 2.76. The summed E-state index contributed by atoms with van der Waals surface area (Å²) < 4.78 is 14.2. The third kappa shape index (κ3) is 2.45. The summed E-state index contributed by atoms with van der Waals surface area (Å²) >= 11 is 0. The van der Waals surface area contributed by atoms with Crippen LogP contribution in [0.25, 0.3) is 11.4 Å². The predicted molar refractivity (Wildman–Crippen MR) is 66.0 cm³/mol.